The van der Waals surface area contributed by atoms with Crippen molar-refractivity contribution in [3.05, 3.63) is 29.8 Å². The Balaban J connectivity index is 0.00000841. The van der Waals surface area contributed by atoms with Gasteiger partial charge in [0.1, 0.15) is 5.75 Å². The maximum absolute atomic E-state index is 12.4. The smallest absolute Gasteiger partial charge is 0.401 e. The topological polar surface area (TPSA) is 58.1 Å². The molecule has 2 N–H and O–H groups in total. The van der Waals surface area contributed by atoms with Crippen molar-refractivity contribution in [2.24, 2.45) is 4.99 Å². The van der Waals surface area contributed by atoms with Crippen molar-refractivity contribution < 1.29 is 22.6 Å². The summed E-state index contributed by atoms with van der Waals surface area (Å²) in [7, 11) is 3.09. The van der Waals surface area contributed by atoms with Crippen LogP contribution in [0.3, 0.4) is 0 Å². The van der Waals surface area contributed by atoms with Gasteiger partial charge < -0.3 is 20.1 Å². The standard InChI is InChI=1S/C20H33F3N4O2.HI/c1-4-29-14-6-12-25-19(24-11-5-13-27(2)16-20(21,22)23)26-15-17-7-9-18(28-3)10-8-17;/h7-10H,4-6,11-16H2,1-3H3,(H2,24,25,26);1H. The number of benzene rings is 1. The molecule has 0 aliphatic rings. The molecule has 0 saturated heterocycles. The summed E-state index contributed by atoms with van der Waals surface area (Å²) in [6.07, 6.45) is -2.75. The van der Waals surface area contributed by atoms with Crippen molar-refractivity contribution in [1.82, 2.24) is 15.5 Å². The van der Waals surface area contributed by atoms with Crippen LogP contribution in [0.2, 0.25) is 0 Å². The van der Waals surface area contributed by atoms with Crippen molar-refractivity contribution in [3.8, 4) is 5.75 Å². The lowest BCUT2D eigenvalue weighted by Crippen LogP contribution is -2.40. The van der Waals surface area contributed by atoms with E-state index in [1.54, 1.807) is 7.11 Å². The molecule has 0 unspecified atom stereocenters. The zero-order valence-electron chi connectivity index (χ0n) is 17.9. The number of aliphatic imine (C=N–C) groups is 1. The van der Waals surface area contributed by atoms with E-state index in [1.165, 1.54) is 11.9 Å². The predicted molar refractivity (Wildman–Crippen MR) is 125 cm³/mol. The van der Waals surface area contributed by atoms with Gasteiger partial charge in [-0.1, -0.05) is 12.1 Å². The Kier molecular flexibility index (Phi) is 15.7. The number of guanidine groups is 1. The largest absolute Gasteiger partial charge is 0.497 e. The van der Waals surface area contributed by atoms with Gasteiger partial charge in [0.2, 0.25) is 0 Å². The van der Waals surface area contributed by atoms with Gasteiger partial charge in [-0.15, -0.1) is 24.0 Å². The summed E-state index contributed by atoms with van der Waals surface area (Å²) in [5.74, 6) is 1.42. The van der Waals surface area contributed by atoms with Gasteiger partial charge in [-0.3, -0.25) is 4.90 Å². The van der Waals surface area contributed by atoms with Crippen LogP contribution in [-0.2, 0) is 11.3 Å². The highest BCUT2D eigenvalue weighted by Crippen LogP contribution is 2.15. The zero-order valence-corrected chi connectivity index (χ0v) is 20.3. The summed E-state index contributed by atoms with van der Waals surface area (Å²) >= 11 is 0. The minimum absolute atomic E-state index is 0. The lowest BCUT2D eigenvalue weighted by Gasteiger charge is -2.19. The third kappa shape index (κ3) is 14.7. The number of methoxy groups -OCH3 is 1. The fourth-order valence-electron chi connectivity index (χ4n) is 2.54. The molecule has 0 aromatic heterocycles. The van der Waals surface area contributed by atoms with Gasteiger partial charge >= 0.3 is 6.18 Å². The average molecular weight is 546 g/mol. The monoisotopic (exact) mass is 546 g/mol. The number of halogens is 4. The molecular weight excluding hydrogens is 512 g/mol. The van der Waals surface area contributed by atoms with Gasteiger partial charge in [-0.2, -0.15) is 13.2 Å². The molecule has 10 heteroatoms. The van der Waals surface area contributed by atoms with E-state index < -0.39 is 12.7 Å². The fraction of sp³-hybridized carbons (Fsp3) is 0.650. The summed E-state index contributed by atoms with van der Waals surface area (Å²) in [6, 6.07) is 7.65. The first kappa shape index (κ1) is 28.7. The molecule has 0 radical (unpaired) electrons. The van der Waals surface area contributed by atoms with E-state index >= 15 is 0 Å². The van der Waals surface area contributed by atoms with Gasteiger partial charge in [-0.25, -0.2) is 4.99 Å². The number of ether oxygens (including phenoxy) is 2. The SMILES string of the molecule is CCOCCCNC(=NCc1ccc(OC)cc1)NCCCN(C)CC(F)(F)F.I. The highest BCUT2D eigenvalue weighted by molar-refractivity contribution is 14.0. The molecule has 0 bridgehead atoms. The van der Waals surface area contributed by atoms with E-state index in [2.05, 4.69) is 15.6 Å². The maximum Gasteiger partial charge on any atom is 0.401 e. The molecule has 0 aliphatic heterocycles. The molecule has 0 aliphatic carbocycles. The lowest BCUT2D eigenvalue weighted by molar-refractivity contribution is -0.143. The Hall–Kier alpha value is -1.27. The molecule has 0 saturated carbocycles. The van der Waals surface area contributed by atoms with Gasteiger partial charge in [0, 0.05) is 26.3 Å². The average Bonchev–Trinajstić information content (AvgIpc) is 2.67. The summed E-state index contributed by atoms with van der Waals surface area (Å²) in [5, 5.41) is 6.43. The minimum atomic E-state index is -4.17. The maximum atomic E-state index is 12.4. The van der Waals surface area contributed by atoms with Crippen LogP contribution in [-0.4, -0.2) is 70.6 Å². The Bertz CT molecular complexity index is 586. The second-order valence-corrected chi connectivity index (χ2v) is 6.62. The minimum Gasteiger partial charge on any atom is -0.497 e. The number of alkyl halides is 3. The summed E-state index contributed by atoms with van der Waals surface area (Å²) in [5.41, 5.74) is 1.03. The number of hydrogen-bond acceptors (Lipinski definition) is 4. The van der Waals surface area contributed by atoms with Crippen LogP contribution in [0.15, 0.2) is 29.3 Å². The quantitative estimate of drug-likeness (QED) is 0.171. The van der Waals surface area contributed by atoms with Crippen LogP contribution in [0.25, 0.3) is 0 Å². The Morgan fingerprint density at radius 3 is 2.30 bits per heavy atom. The molecule has 0 spiro atoms. The van der Waals surface area contributed by atoms with Crippen LogP contribution in [0.4, 0.5) is 13.2 Å². The number of rotatable bonds is 13. The summed E-state index contributed by atoms with van der Waals surface area (Å²) in [4.78, 5) is 5.83. The molecule has 0 fully saturated rings. The Morgan fingerprint density at radius 2 is 1.73 bits per heavy atom. The van der Waals surface area contributed by atoms with Gasteiger partial charge in [-0.05, 0) is 51.1 Å². The fourth-order valence-corrected chi connectivity index (χ4v) is 2.54. The second-order valence-electron chi connectivity index (χ2n) is 6.62. The third-order valence-corrected chi connectivity index (χ3v) is 4.00. The first-order valence-electron chi connectivity index (χ1n) is 9.82. The molecule has 174 valence electrons. The normalized spacial score (nSPS) is 11.9. The predicted octanol–water partition coefficient (Wildman–Crippen LogP) is 3.66. The molecule has 0 amide bonds. The second kappa shape index (κ2) is 16.4. The number of hydrogen-bond donors (Lipinski definition) is 2. The molecular formula is C20H34F3IN4O2. The molecule has 1 aromatic carbocycles. The molecule has 1 rings (SSSR count). The molecule has 1 aromatic rings. The highest BCUT2D eigenvalue weighted by Gasteiger charge is 2.28. The number of nitrogens with one attached hydrogen (secondary N) is 2. The van der Waals surface area contributed by atoms with Crippen molar-refractivity contribution in [2.75, 3.05) is 53.6 Å². The van der Waals surface area contributed by atoms with E-state index in [-0.39, 0.29) is 24.0 Å². The van der Waals surface area contributed by atoms with Crippen molar-refractivity contribution in [3.63, 3.8) is 0 Å². The van der Waals surface area contributed by atoms with E-state index in [4.69, 9.17) is 9.47 Å². The van der Waals surface area contributed by atoms with Gasteiger partial charge in [0.05, 0.1) is 20.2 Å². The molecule has 6 nitrogen and oxygen atoms in total. The molecule has 0 heterocycles. The highest BCUT2D eigenvalue weighted by atomic mass is 127. The molecule has 0 atom stereocenters. The van der Waals surface area contributed by atoms with E-state index in [1.807, 2.05) is 31.2 Å². The van der Waals surface area contributed by atoms with Crippen LogP contribution in [0.5, 0.6) is 5.75 Å². The van der Waals surface area contributed by atoms with Crippen molar-refractivity contribution in [1.29, 1.82) is 0 Å². The third-order valence-electron chi connectivity index (χ3n) is 4.00. The van der Waals surface area contributed by atoms with Gasteiger partial charge in [0.15, 0.2) is 5.96 Å². The molecule has 30 heavy (non-hydrogen) atoms. The van der Waals surface area contributed by atoms with Crippen LogP contribution < -0.4 is 15.4 Å². The zero-order chi connectivity index (χ0) is 21.5. The lowest BCUT2D eigenvalue weighted by atomic mass is 10.2. The van der Waals surface area contributed by atoms with Crippen LogP contribution in [0.1, 0.15) is 25.3 Å². The van der Waals surface area contributed by atoms with Crippen molar-refractivity contribution >= 4 is 29.9 Å². The first-order valence-corrected chi connectivity index (χ1v) is 9.82. The summed E-state index contributed by atoms with van der Waals surface area (Å²) < 4.78 is 47.6. The van der Waals surface area contributed by atoms with E-state index in [0.717, 1.165) is 17.7 Å². The van der Waals surface area contributed by atoms with Crippen molar-refractivity contribution in [2.45, 2.75) is 32.5 Å². The summed E-state index contributed by atoms with van der Waals surface area (Å²) in [6.45, 7) is 4.46. The van der Waals surface area contributed by atoms with E-state index in [0.29, 0.717) is 51.8 Å². The van der Waals surface area contributed by atoms with Gasteiger partial charge in [0.25, 0.3) is 0 Å². The number of nitrogens with zero attached hydrogens (tertiary/aromatic N) is 2. The Morgan fingerprint density at radius 1 is 1.10 bits per heavy atom. The Labute approximate surface area is 194 Å². The van der Waals surface area contributed by atoms with Crippen LogP contribution >= 0.6 is 24.0 Å². The van der Waals surface area contributed by atoms with E-state index in [9.17, 15) is 13.2 Å². The van der Waals surface area contributed by atoms with Crippen LogP contribution in [0, 0.1) is 0 Å². The first-order chi connectivity index (χ1) is 13.8.